The number of carbonyl (C=O) groups is 1. The van der Waals surface area contributed by atoms with Gasteiger partial charge in [0.1, 0.15) is 5.69 Å². The standard InChI is InChI=1S/C14H14ClN3O/c1-8-12(16-14(19)10-2-3-10)13(18-17-8)9-4-6-11(15)7-5-9/h4-7,10H,2-3H2,1H3,(H,16,19)(H,17,18). The van der Waals surface area contributed by atoms with Crippen LogP contribution in [0.3, 0.4) is 0 Å². The maximum Gasteiger partial charge on any atom is 0.227 e. The number of hydrogen-bond donors (Lipinski definition) is 2. The van der Waals surface area contributed by atoms with Crippen LogP contribution in [0.2, 0.25) is 5.02 Å². The topological polar surface area (TPSA) is 57.8 Å². The Bertz CT molecular complexity index is 614. The molecule has 1 fully saturated rings. The Balaban J connectivity index is 1.93. The maximum absolute atomic E-state index is 11.9. The molecule has 4 nitrogen and oxygen atoms in total. The average molecular weight is 276 g/mol. The van der Waals surface area contributed by atoms with Crippen LogP contribution >= 0.6 is 11.6 Å². The van der Waals surface area contributed by atoms with E-state index in [0.717, 1.165) is 35.5 Å². The predicted octanol–water partition coefficient (Wildman–Crippen LogP) is 3.39. The highest BCUT2D eigenvalue weighted by Crippen LogP contribution is 2.33. The molecule has 5 heteroatoms. The van der Waals surface area contributed by atoms with Crippen LogP contribution in [0.25, 0.3) is 11.3 Å². The van der Waals surface area contributed by atoms with E-state index in [1.807, 2.05) is 31.2 Å². The smallest absolute Gasteiger partial charge is 0.227 e. The van der Waals surface area contributed by atoms with Crippen LogP contribution in [0, 0.1) is 12.8 Å². The van der Waals surface area contributed by atoms with Crippen LogP contribution in [-0.2, 0) is 4.79 Å². The van der Waals surface area contributed by atoms with E-state index in [0.29, 0.717) is 5.02 Å². The molecule has 1 heterocycles. The lowest BCUT2D eigenvalue weighted by molar-refractivity contribution is -0.117. The van der Waals surface area contributed by atoms with Crippen LogP contribution in [0.1, 0.15) is 18.5 Å². The number of aromatic nitrogens is 2. The molecule has 1 saturated carbocycles. The molecule has 0 saturated heterocycles. The first-order valence-electron chi connectivity index (χ1n) is 6.27. The minimum absolute atomic E-state index is 0.0831. The minimum atomic E-state index is 0.0831. The van der Waals surface area contributed by atoms with Crippen molar-refractivity contribution in [2.24, 2.45) is 5.92 Å². The molecule has 1 aromatic carbocycles. The van der Waals surface area contributed by atoms with Crippen molar-refractivity contribution in [3.8, 4) is 11.3 Å². The van der Waals surface area contributed by atoms with E-state index in [1.54, 1.807) is 0 Å². The molecule has 0 atom stereocenters. The summed E-state index contributed by atoms with van der Waals surface area (Å²) in [5.74, 6) is 0.257. The van der Waals surface area contributed by atoms with Crippen molar-refractivity contribution in [2.45, 2.75) is 19.8 Å². The first kappa shape index (κ1) is 12.2. The average Bonchev–Trinajstić information content (AvgIpc) is 3.18. The van der Waals surface area contributed by atoms with Gasteiger partial charge in [0, 0.05) is 16.5 Å². The molecule has 1 amide bonds. The van der Waals surface area contributed by atoms with Gasteiger partial charge in [-0.3, -0.25) is 9.89 Å². The summed E-state index contributed by atoms with van der Waals surface area (Å²) in [6.07, 6.45) is 1.97. The summed E-state index contributed by atoms with van der Waals surface area (Å²) < 4.78 is 0. The molecule has 2 N–H and O–H groups in total. The normalized spacial score (nSPS) is 14.4. The van der Waals surface area contributed by atoms with Gasteiger partial charge in [-0.1, -0.05) is 23.7 Å². The van der Waals surface area contributed by atoms with E-state index in [1.165, 1.54) is 0 Å². The van der Waals surface area contributed by atoms with Gasteiger partial charge < -0.3 is 5.32 Å². The number of halogens is 1. The van der Waals surface area contributed by atoms with Gasteiger partial charge in [0.15, 0.2) is 0 Å². The summed E-state index contributed by atoms with van der Waals surface area (Å²) in [6, 6.07) is 7.41. The lowest BCUT2D eigenvalue weighted by atomic mass is 10.1. The summed E-state index contributed by atoms with van der Waals surface area (Å²) in [5.41, 5.74) is 3.31. The monoisotopic (exact) mass is 275 g/mol. The van der Waals surface area contributed by atoms with Crippen molar-refractivity contribution < 1.29 is 4.79 Å². The highest BCUT2D eigenvalue weighted by Gasteiger charge is 2.30. The van der Waals surface area contributed by atoms with E-state index in [-0.39, 0.29) is 11.8 Å². The maximum atomic E-state index is 11.9. The number of hydrogen-bond acceptors (Lipinski definition) is 2. The van der Waals surface area contributed by atoms with Gasteiger partial charge in [0.2, 0.25) is 5.91 Å². The largest absolute Gasteiger partial charge is 0.322 e. The zero-order chi connectivity index (χ0) is 13.4. The molecule has 19 heavy (non-hydrogen) atoms. The summed E-state index contributed by atoms with van der Waals surface area (Å²) in [4.78, 5) is 11.9. The van der Waals surface area contributed by atoms with Crippen molar-refractivity contribution in [3.63, 3.8) is 0 Å². The van der Waals surface area contributed by atoms with E-state index in [2.05, 4.69) is 15.5 Å². The fourth-order valence-corrected chi connectivity index (χ4v) is 2.10. The Morgan fingerprint density at radius 1 is 1.37 bits per heavy atom. The molecular weight excluding hydrogens is 262 g/mol. The second kappa shape index (κ2) is 4.70. The van der Waals surface area contributed by atoms with Gasteiger partial charge in [0.05, 0.1) is 11.4 Å². The second-order valence-electron chi connectivity index (χ2n) is 4.84. The van der Waals surface area contributed by atoms with E-state index in [9.17, 15) is 4.79 Å². The van der Waals surface area contributed by atoms with E-state index >= 15 is 0 Å². The van der Waals surface area contributed by atoms with Crippen molar-refractivity contribution in [1.82, 2.24) is 10.2 Å². The lowest BCUT2D eigenvalue weighted by Crippen LogP contribution is -2.14. The number of aryl methyl sites for hydroxylation is 1. The molecule has 2 aromatic rings. The number of aromatic amines is 1. The highest BCUT2D eigenvalue weighted by molar-refractivity contribution is 6.30. The summed E-state index contributed by atoms with van der Waals surface area (Å²) in [6.45, 7) is 1.90. The van der Waals surface area contributed by atoms with Gasteiger partial charge in [0.25, 0.3) is 0 Å². The Hall–Kier alpha value is -1.81. The number of H-pyrrole nitrogens is 1. The molecule has 0 radical (unpaired) electrons. The third kappa shape index (κ3) is 2.49. The number of carbonyl (C=O) groups excluding carboxylic acids is 1. The predicted molar refractivity (Wildman–Crippen MR) is 75.1 cm³/mol. The molecule has 0 aliphatic heterocycles. The minimum Gasteiger partial charge on any atom is -0.322 e. The zero-order valence-corrected chi connectivity index (χ0v) is 11.3. The number of nitrogens with zero attached hydrogens (tertiary/aromatic N) is 1. The van der Waals surface area contributed by atoms with Crippen LogP contribution in [0.4, 0.5) is 5.69 Å². The van der Waals surface area contributed by atoms with Crippen molar-refractivity contribution >= 4 is 23.2 Å². The molecule has 3 rings (SSSR count). The van der Waals surface area contributed by atoms with Crippen LogP contribution in [-0.4, -0.2) is 16.1 Å². The van der Waals surface area contributed by atoms with Crippen LogP contribution in [0.15, 0.2) is 24.3 Å². The van der Waals surface area contributed by atoms with Gasteiger partial charge in [-0.05, 0) is 31.9 Å². The molecule has 0 spiro atoms. The number of benzene rings is 1. The quantitative estimate of drug-likeness (QED) is 0.902. The molecule has 1 aliphatic carbocycles. The molecule has 0 unspecified atom stereocenters. The number of anilines is 1. The SMILES string of the molecule is Cc1[nH]nc(-c2ccc(Cl)cc2)c1NC(=O)C1CC1. The number of nitrogens with one attached hydrogen (secondary N) is 2. The van der Waals surface area contributed by atoms with Crippen LogP contribution in [0.5, 0.6) is 0 Å². The summed E-state index contributed by atoms with van der Waals surface area (Å²) >= 11 is 5.88. The summed E-state index contributed by atoms with van der Waals surface area (Å²) in [5, 5.41) is 10.8. The van der Waals surface area contributed by atoms with E-state index < -0.39 is 0 Å². The Kier molecular flexibility index (Phi) is 3.03. The zero-order valence-electron chi connectivity index (χ0n) is 10.5. The van der Waals surface area contributed by atoms with Crippen molar-refractivity contribution in [3.05, 3.63) is 35.0 Å². The first-order valence-corrected chi connectivity index (χ1v) is 6.64. The van der Waals surface area contributed by atoms with Gasteiger partial charge in [-0.25, -0.2) is 0 Å². The molecular formula is C14H14ClN3O. The first-order chi connectivity index (χ1) is 9.15. The van der Waals surface area contributed by atoms with Gasteiger partial charge in [-0.15, -0.1) is 0 Å². The van der Waals surface area contributed by atoms with Gasteiger partial charge >= 0.3 is 0 Å². The Morgan fingerprint density at radius 3 is 2.68 bits per heavy atom. The third-order valence-corrected chi connectivity index (χ3v) is 3.51. The third-order valence-electron chi connectivity index (χ3n) is 3.26. The van der Waals surface area contributed by atoms with Gasteiger partial charge in [-0.2, -0.15) is 5.10 Å². The molecule has 1 aromatic heterocycles. The fourth-order valence-electron chi connectivity index (χ4n) is 1.97. The Labute approximate surface area is 116 Å². The summed E-state index contributed by atoms with van der Waals surface area (Å²) in [7, 11) is 0. The van der Waals surface area contributed by atoms with E-state index in [4.69, 9.17) is 11.6 Å². The molecule has 98 valence electrons. The number of amides is 1. The molecule has 0 bridgehead atoms. The highest BCUT2D eigenvalue weighted by atomic mass is 35.5. The second-order valence-corrected chi connectivity index (χ2v) is 5.28. The molecule has 1 aliphatic rings. The number of rotatable bonds is 3. The van der Waals surface area contributed by atoms with Crippen molar-refractivity contribution in [1.29, 1.82) is 0 Å². The lowest BCUT2D eigenvalue weighted by Gasteiger charge is -2.06. The fraction of sp³-hybridized carbons (Fsp3) is 0.286. The van der Waals surface area contributed by atoms with Crippen molar-refractivity contribution in [2.75, 3.05) is 5.32 Å². The Morgan fingerprint density at radius 2 is 2.05 bits per heavy atom. The van der Waals surface area contributed by atoms with Crippen LogP contribution < -0.4 is 5.32 Å².